The number of hydrogen-bond acceptors (Lipinski definition) is 4. The molecule has 6 nitrogen and oxygen atoms in total. The van der Waals surface area contributed by atoms with Crippen LogP contribution in [0.1, 0.15) is 34.0 Å². The number of nitrogens with zero attached hydrogens (tertiary/aromatic N) is 2. The minimum Gasteiger partial charge on any atom is -0.493 e. The van der Waals surface area contributed by atoms with Crippen molar-refractivity contribution >= 4 is 11.6 Å². The van der Waals surface area contributed by atoms with Gasteiger partial charge in [-0.3, -0.25) is 4.79 Å². The largest absolute Gasteiger partial charge is 0.493 e. The van der Waals surface area contributed by atoms with E-state index in [1.165, 1.54) is 5.56 Å². The quantitative estimate of drug-likeness (QED) is 0.282. The number of amides is 1. The number of carbonyl (C=O) groups is 1. The number of aryl methyl sites for hydroxylation is 1. The van der Waals surface area contributed by atoms with Crippen molar-refractivity contribution in [1.29, 1.82) is 0 Å². The Hall–Kier alpha value is -4.32. The molecule has 0 saturated carbocycles. The number of hydrogen-bond donors (Lipinski definition) is 1. The highest BCUT2D eigenvalue weighted by Gasteiger charge is 2.13. The summed E-state index contributed by atoms with van der Waals surface area (Å²) in [7, 11) is 1.60. The van der Waals surface area contributed by atoms with E-state index in [0.29, 0.717) is 29.4 Å². The number of nitrogens with one attached hydrogen (secondary N) is 1. The first kappa shape index (κ1) is 22.9. The lowest BCUT2D eigenvalue weighted by atomic mass is 10.1. The number of para-hydroxylation sites is 1. The van der Waals surface area contributed by atoms with Gasteiger partial charge in [-0.05, 0) is 67.4 Å². The third-order valence-corrected chi connectivity index (χ3v) is 5.58. The minimum atomic E-state index is -0.284. The third kappa shape index (κ3) is 5.18. The van der Waals surface area contributed by atoms with Gasteiger partial charge >= 0.3 is 0 Å². The average molecular weight is 454 g/mol. The van der Waals surface area contributed by atoms with Crippen LogP contribution in [-0.2, 0) is 6.61 Å². The van der Waals surface area contributed by atoms with Gasteiger partial charge in [0.1, 0.15) is 6.61 Å². The molecule has 34 heavy (non-hydrogen) atoms. The number of carbonyl (C=O) groups excluding carboxylic acids is 1. The molecule has 0 bridgehead atoms. The van der Waals surface area contributed by atoms with E-state index >= 15 is 0 Å². The molecule has 6 heteroatoms. The van der Waals surface area contributed by atoms with Crippen LogP contribution in [0.5, 0.6) is 11.5 Å². The van der Waals surface area contributed by atoms with Gasteiger partial charge in [0.15, 0.2) is 11.5 Å². The molecule has 0 aliphatic carbocycles. The summed E-state index contributed by atoms with van der Waals surface area (Å²) in [5.74, 6) is 0.964. The van der Waals surface area contributed by atoms with Gasteiger partial charge in [0, 0.05) is 18.0 Å². The highest BCUT2D eigenvalue weighted by Crippen LogP contribution is 2.29. The Morgan fingerprint density at radius 3 is 2.44 bits per heavy atom. The Bertz CT molecular complexity index is 1310. The van der Waals surface area contributed by atoms with Crippen LogP contribution >= 0.6 is 0 Å². The fourth-order valence-corrected chi connectivity index (χ4v) is 3.58. The number of aromatic nitrogens is 1. The van der Waals surface area contributed by atoms with Crippen LogP contribution in [0.3, 0.4) is 0 Å². The Morgan fingerprint density at radius 2 is 1.68 bits per heavy atom. The van der Waals surface area contributed by atoms with Crippen LogP contribution in [0, 0.1) is 6.92 Å². The maximum atomic E-state index is 12.8. The molecule has 172 valence electrons. The predicted octanol–water partition coefficient (Wildman–Crippen LogP) is 5.53. The molecule has 0 fully saturated rings. The number of benzene rings is 3. The molecule has 1 N–H and O–H groups in total. The number of rotatable bonds is 8. The lowest BCUT2D eigenvalue weighted by molar-refractivity contribution is 0.0955. The first-order valence-corrected chi connectivity index (χ1v) is 11.0. The SMILES string of the molecule is COc1cc(/C(C)=N/NC(=O)c2ccccc2-n2cccc2)ccc1OCc1ccccc1C. The number of methoxy groups -OCH3 is 1. The normalized spacial score (nSPS) is 11.2. The molecule has 0 atom stereocenters. The molecular formula is C28H27N3O3. The molecule has 0 spiro atoms. The summed E-state index contributed by atoms with van der Waals surface area (Å²) in [6.45, 7) is 4.34. The van der Waals surface area contributed by atoms with Crippen LogP contribution in [0.15, 0.2) is 96.4 Å². The van der Waals surface area contributed by atoms with Crippen molar-refractivity contribution < 1.29 is 14.3 Å². The Balaban J connectivity index is 1.48. The van der Waals surface area contributed by atoms with Gasteiger partial charge in [0.25, 0.3) is 5.91 Å². The first-order valence-electron chi connectivity index (χ1n) is 11.0. The van der Waals surface area contributed by atoms with E-state index in [9.17, 15) is 4.79 Å². The Kier molecular flexibility index (Phi) is 7.08. The van der Waals surface area contributed by atoms with Crippen LogP contribution in [0.25, 0.3) is 5.69 Å². The van der Waals surface area contributed by atoms with E-state index in [1.54, 1.807) is 13.2 Å². The minimum absolute atomic E-state index is 0.284. The summed E-state index contributed by atoms with van der Waals surface area (Å²) >= 11 is 0. The third-order valence-electron chi connectivity index (χ3n) is 5.58. The van der Waals surface area contributed by atoms with Gasteiger partial charge in [0.05, 0.1) is 24.1 Å². The molecule has 1 heterocycles. The van der Waals surface area contributed by atoms with Crippen LogP contribution in [-0.4, -0.2) is 23.3 Å². The zero-order valence-corrected chi connectivity index (χ0v) is 19.5. The average Bonchev–Trinajstić information content (AvgIpc) is 3.41. The highest BCUT2D eigenvalue weighted by atomic mass is 16.5. The second kappa shape index (κ2) is 10.5. The smallest absolute Gasteiger partial charge is 0.273 e. The summed E-state index contributed by atoms with van der Waals surface area (Å²) in [5.41, 5.74) is 7.75. The van der Waals surface area contributed by atoms with E-state index in [-0.39, 0.29) is 5.91 Å². The van der Waals surface area contributed by atoms with Crippen molar-refractivity contribution in [3.05, 3.63) is 114 Å². The summed E-state index contributed by atoms with van der Waals surface area (Å²) in [6, 6.07) is 25.0. The Morgan fingerprint density at radius 1 is 0.941 bits per heavy atom. The molecule has 1 aromatic heterocycles. The van der Waals surface area contributed by atoms with Gasteiger partial charge in [-0.15, -0.1) is 0 Å². The standard InChI is InChI=1S/C28H27N3O3/c1-20-10-4-5-11-23(20)19-34-26-15-14-22(18-27(26)33-3)21(2)29-30-28(32)24-12-6-7-13-25(24)31-16-8-9-17-31/h4-18H,19H2,1-3H3,(H,30,32)/b29-21+. The molecule has 0 unspecified atom stereocenters. The molecule has 1 amide bonds. The van der Waals surface area contributed by atoms with Crippen molar-refractivity contribution in [3.8, 4) is 17.2 Å². The summed E-state index contributed by atoms with van der Waals surface area (Å²) in [6.07, 6.45) is 3.80. The fourth-order valence-electron chi connectivity index (χ4n) is 3.58. The number of hydrazone groups is 1. The van der Waals surface area contributed by atoms with Gasteiger partial charge in [-0.25, -0.2) is 5.43 Å². The predicted molar refractivity (Wildman–Crippen MR) is 134 cm³/mol. The van der Waals surface area contributed by atoms with Gasteiger partial charge in [-0.2, -0.15) is 5.10 Å². The van der Waals surface area contributed by atoms with E-state index in [1.807, 2.05) is 90.6 Å². The van der Waals surface area contributed by atoms with Crippen molar-refractivity contribution in [2.45, 2.75) is 20.5 Å². The number of ether oxygens (including phenoxy) is 2. The van der Waals surface area contributed by atoms with E-state index < -0.39 is 0 Å². The maximum absolute atomic E-state index is 12.8. The topological polar surface area (TPSA) is 64.8 Å². The lowest BCUT2D eigenvalue weighted by Gasteiger charge is -2.13. The maximum Gasteiger partial charge on any atom is 0.273 e. The zero-order chi connectivity index (χ0) is 23.9. The van der Waals surface area contributed by atoms with Crippen LogP contribution < -0.4 is 14.9 Å². The van der Waals surface area contributed by atoms with Crippen molar-refractivity contribution in [2.24, 2.45) is 5.10 Å². The summed E-state index contributed by atoms with van der Waals surface area (Å²) in [4.78, 5) is 12.8. The van der Waals surface area contributed by atoms with E-state index in [4.69, 9.17) is 9.47 Å². The van der Waals surface area contributed by atoms with Crippen LogP contribution in [0.4, 0.5) is 0 Å². The molecular weight excluding hydrogens is 426 g/mol. The molecule has 4 aromatic rings. The Labute approximate surface area is 199 Å². The second-order valence-corrected chi connectivity index (χ2v) is 7.83. The highest BCUT2D eigenvalue weighted by molar-refractivity contribution is 6.02. The molecule has 0 saturated heterocycles. The van der Waals surface area contributed by atoms with E-state index in [0.717, 1.165) is 16.8 Å². The van der Waals surface area contributed by atoms with Crippen LogP contribution in [0.2, 0.25) is 0 Å². The van der Waals surface area contributed by atoms with Gasteiger partial charge in [0.2, 0.25) is 0 Å². The fraction of sp³-hybridized carbons (Fsp3) is 0.143. The molecule has 0 radical (unpaired) electrons. The summed E-state index contributed by atoms with van der Waals surface area (Å²) < 4.78 is 13.4. The van der Waals surface area contributed by atoms with Gasteiger partial charge in [-0.1, -0.05) is 36.4 Å². The summed E-state index contributed by atoms with van der Waals surface area (Å²) in [5, 5.41) is 4.31. The first-order chi connectivity index (χ1) is 16.6. The van der Waals surface area contributed by atoms with Crippen molar-refractivity contribution in [2.75, 3.05) is 7.11 Å². The molecule has 0 aliphatic rings. The molecule has 3 aromatic carbocycles. The lowest BCUT2D eigenvalue weighted by Crippen LogP contribution is -2.21. The molecule has 4 rings (SSSR count). The van der Waals surface area contributed by atoms with Crippen molar-refractivity contribution in [3.63, 3.8) is 0 Å². The zero-order valence-electron chi connectivity index (χ0n) is 19.5. The van der Waals surface area contributed by atoms with Crippen molar-refractivity contribution in [1.82, 2.24) is 9.99 Å². The molecule has 0 aliphatic heterocycles. The van der Waals surface area contributed by atoms with E-state index in [2.05, 4.69) is 23.5 Å². The second-order valence-electron chi connectivity index (χ2n) is 7.83. The van der Waals surface area contributed by atoms with Gasteiger partial charge < -0.3 is 14.0 Å². The monoisotopic (exact) mass is 453 g/mol.